The summed E-state index contributed by atoms with van der Waals surface area (Å²) >= 11 is 0. The maximum Gasteiger partial charge on any atom is 0.248 e. The summed E-state index contributed by atoms with van der Waals surface area (Å²) in [6, 6.07) is 10.6. The number of methoxy groups -OCH3 is 1. The Morgan fingerprint density at radius 1 is 1.29 bits per heavy atom. The molecule has 17 heavy (non-hydrogen) atoms. The topological polar surface area (TPSA) is 76.1 Å². The number of nitrogens with two attached hydrogens (primary N) is 1. The number of nitrogens with zero attached hydrogens (tertiary/aromatic N) is 1. The van der Waals surface area contributed by atoms with Crippen LogP contribution in [0.4, 0.5) is 0 Å². The average Bonchev–Trinajstić information content (AvgIpc) is 2.36. The van der Waals surface area contributed by atoms with E-state index in [1.807, 2.05) is 6.07 Å². The molecule has 0 saturated carbocycles. The lowest BCUT2D eigenvalue weighted by Crippen LogP contribution is -2.10. The molecule has 0 aliphatic rings. The summed E-state index contributed by atoms with van der Waals surface area (Å²) in [7, 11) is 1.51. The molecule has 0 heterocycles. The molecule has 4 nitrogen and oxygen atoms in total. The Hall–Kier alpha value is -2.54. The van der Waals surface area contributed by atoms with Crippen LogP contribution in [0.1, 0.15) is 15.9 Å². The molecule has 0 fully saturated rings. The third-order valence-corrected chi connectivity index (χ3v) is 2.56. The van der Waals surface area contributed by atoms with Crippen molar-refractivity contribution in [3.8, 4) is 11.8 Å². The van der Waals surface area contributed by atoms with E-state index >= 15 is 0 Å². The Morgan fingerprint density at radius 3 is 2.65 bits per heavy atom. The second kappa shape index (κ2) is 4.14. The second-order valence-electron chi connectivity index (χ2n) is 3.59. The Balaban J connectivity index is 2.71. The number of rotatable bonds is 2. The van der Waals surface area contributed by atoms with Crippen LogP contribution in [0.25, 0.3) is 10.8 Å². The van der Waals surface area contributed by atoms with Crippen LogP contribution in [0.15, 0.2) is 30.3 Å². The summed E-state index contributed by atoms with van der Waals surface area (Å²) in [5.74, 6) is 0.0352. The number of benzene rings is 2. The SMILES string of the molecule is COc1cc2ccc(C(N)=O)cc2cc1C#N. The van der Waals surface area contributed by atoms with E-state index in [9.17, 15) is 4.79 Å². The van der Waals surface area contributed by atoms with Crippen LogP contribution in [-0.4, -0.2) is 13.0 Å². The van der Waals surface area contributed by atoms with Gasteiger partial charge < -0.3 is 10.5 Å². The number of carbonyl (C=O) groups is 1. The number of hydrogen-bond acceptors (Lipinski definition) is 3. The molecule has 0 aromatic heterocycles. The first kappa shape index (κ1) is 11.0. The Morgan fingerprint density at radius 2 is 2.06 bits per heavy atom. The van der Waals surface area contributed by atoms with Crippen molar-refractivity contribution in [2.24, 2.45) is 5.73 Å². The van der Waals surface area contributed by atoms with E-state index in [-0.39, 0.29) is 0 Å². The molecule has 0 unspecified atom stereocenters. The van der Waals surface area contributed by atoms with Gasteiger partial charge in [-0.1, -0.05) is 6.07 Å². The minimum atomic E-state index is -0.485. The number of nitriles is 1. The summed E-state index contributed by atoms with van der Waals surface area (Å²) in [5, 5.41) is 10.7. The lowest BCUT2D eigenvalue weighted by Gasteiger charge is -2.06. The van der Waals surface area contributed by atoms with Crippen molar-refractivity contribution in [3.05, 3.63) is 41.5 Å². The highest BCUT2D eigenvalue weighted by atomic mass is 16.5. The molecule has 0 aliphatic carbocycles. The predicted molar refractivity (Wildman–Crippen MR) is 63.7 cm³/mol. The zero-order chi connectivity index (χ0) is 12.4. The lowest BCUT2D eigenvalue weighted by atomic mass is 10.0. The monoisotopic (exact) mass is 226 g/mol. The summed E-state index contributed by atoms with van der Waals surface area (Å²) in [6.07, 6.45) is 0. The fourth-order valence-electron chi connectivity index (χ4n) is 1.69. The van der Waals surface area contributed by atoms with Crippen molar-refractivity contribution in [1.29, 1.82) is 5.26 Å². The molecule has 2 aromatic carbocycles. The minimum absolute atomic E-state index is 0.423. The minimum Gasteiger partial charge on any atom is -0.495 e. The van der Waals surface area contributed by atoms with Gasteiger partial charge in [-0.2, -0.15) is 5.26 Å². The number of ether oxygens (including phenoxy) is 1. The van der Waals surface area contributed by atoms with E-state index in [2.05, 4.69) is 0 Å². The van der Waals surface area contributed by atoms with E-state index in [0.29, 0.717) is 16.9 Å². The van der Waals surface area contributed by atoms with E-state index in [4.69, 9.17) is 15.7 Å². The predicted octanol–water partition coefficient (Wildman–Crippen LogP) is 1.82. The van der Waals surface area contributed by atoms with Gasteiger partial charge in [-0.25, -0.2) is 0 Å². The fraction of sp³-hybridized carbons (Fsp3) is 0.0769. The molecule has 0 atom stereocenters. The Bertz CT molecular complexity index is 642. The van der Waals surface area contributed by atoms with Gasteiger partial charge in [0.1, 0.15) is 11.8 Å². The molecule has 4 heteroatoms. The van der Waals surface area contributed by atoms with Crippen LogP contribution in [0.2, 0.25) is 0 Å². The van der Waals surface area contributed by atoms with E-state index in [1.54, 1.807) is 30.3 Å². The lowest BCUT2D eigenvalue weighted by molar-refractivity contribution is 0.100. The average molecular weight is 226 g/mol. The van der Waals surface area contributed by atoms with Gasteiger partial charge in [0.2, 0.25) is 5.91 Å². The first-order chi connectivity index (χ1) is 8.15. The van der Waals surface area contributed by atoms with Crippen molar-refractivity contribution in [2.75, 3.05) is 7.11 Å². The number of carbonyl (C=O) groups excluding carboxylic acids is 1. The molecule has 0 bridgehead atoms. The molecule has 84 valence electrons. The van der Waals surface area contributed by atoms with Crippen molar-refractivity contribution < 1.29 is 9.53 Å². The number of hydrogen-bond donors (Lipinski definition) is 1. The molecule has 0 saturated heterocycles. The van der Waals surface area contributed by atoms with Crippen molar-refractivity contribution >= 4 is 16.7 Å². The van der Waals surface area contributed by atoms with Gasteiger partial charge in [-0.05, 0) is 35.0 Å². The van der Waals surface area contributed by atoms with Crippen molar-refractivity contribution in [3.63, 3.8) is 0 Å². The first-order valence-electron chi connectivity index (χ1n) is 4.97. The second-order valence-corrected chi connectivity index (χ2v) is 3.59. The molecule has 2 aromatic rings. The molecule has 0 radical (unpaired) electrons. The van der Waals surface area contributed by atoms with Crippen LogP contribution in [0, 0.1) is 11.3 Å². The third-order valence-electron chi connectivity index (χ3n) is 2.56. The third kappa shape index (κ3) is 1.91. The molecule has 2 rings (SSSR count). The van der Waals surface area contributed by atoms with Gasteiger partial charge in [-0.15, -0.1) is 0 Å². The maximum absolute atomic E-state index is 11.1. The van der Waals surface area contributed by atoms with Gasteiger partial charge in [0, 0.05) is 5.56 Å². The molecule has 0 aliphatic heterocycles. The highest BCUT2D eigenvalue weighted by Gasteiger charge is 2.07. The van der Waals surface area contributed by atoms with Crippen LogP contribution in [0.5, 0.6) is 5.75 Å². The van der Waals surface area contributed by atoms with Gasteiger partial charge in [0.25, 0.3) is 0 Å². The van der Waals surface area contributed by atoms with Crippen LogP contribution in [0.3, 0.4) is 0 Å². The quantitative estimate of drug-likeness (QED) is 0.848. The van der Waals surface area contributed by atoms with Crippen LogP contribution >= 0.6 is 0 Å². The van der Waals surface area contributed by atoms with E-state index < -0.39 is 5.91 Å². The fourth-order valence-corrected chi connectivity index (χ4v) is 1.69. The van der Waals surface area contributed by atoms with E-state index in [0.717, 1.165) is 10.8 Å². The van der Waals surface area contributed by atoms with Crippen LogP contribution < -0.4 is 10.5 Å². The normalized spacial score (nSPS) is 9.88. The zero-order valence-electron chi connectivity index (χ0n) is 9.23. The van der Waals surface area contributed by atoms with Gasteiger partial charge in [0.15, 0.2) is 0 Å². The summed E-state index contributed by atoms with van der Waals surface area (Å²) in [6.45, 7) is 0. The first-order valence-corrected chi connectivity index (χ1v) is 4.97. The smallest absolute Gasteiger partial charge is 0.248 e. The van der Waals surface area contributed by atoms with Gasteiger partial charge in [-0.3, -0.25) is 4.79 Å². The molecule has 1 amide bonds. The largest absolute Gasteiger partial charge is 0.495 e. The highest BCUT2D eigenvalue weighted by Crippen LogP contribution is 2.26. The van der Waals surface area contributed by atoms with Gasteiger partial charge in [0.05, 0.1) is 12.7 Å². The van der Waals surface area contributed by atoms with E-state index in [1.165, 1.54) is 7.11 Å². The van der Waals surface area contributed by atoms with Crippen molar-refractivity contribution in [1.82, 2.24) is 0 Å². The van der Waals surface area contributed by atoms with Gasteiger partial charge >= 0.3 is 0 Å². The molecular formula is C13H10N2O2. The standard InChI is InChI=1S/C13H10N2O2/c1-17-12-6-8-2-3-9(13(15)16)4-10(8)5-11(12)7-14/h2-6H,1H3,(H2,15,16). The zero-order valence-corrected chi connectivity index (χ0v) is 9.23. The molecular weight excluding hydrogens is 216 g/mol. The molecule has 0 spiro atoms. The highest BCUT2D eigenvalue weighted by molar-refractivity contribution is 5.98. The maximum atomic E-state index is 11.1. The number of fused-ring (bicyclic) bond motifs is 1. The summed E-state index contributed by atoms with van der Waals surface area (Å²) in [4.78, 5) is 11.1. The summed E-state index contributed by atoms with van der Waals surface area (Å²) < 4.78 is 5.11. The Kier molecular flexibility index (Phi) is 2.67. The number of primary amides is 1. The Labute approximate surface area is 98.2 Å². The van der Waals surface area contributed by atoms with Crippen molar-refractivity contribution in [2.45, 2.75) is 0 Å². The summed E-state index contributed by atoms with van der Waals surface area (Å²) in [5.41, 5.74) is 6.06. The molecule has 2 N–H and O–H groups in total. The van der Waals surface area contributed by atoms with Crippen LogP contribution in [-0.2, 0) is 0 Å². The number of amides is 1.